The van der Waals surface area contributed by atoms with Gasteiger partial charge < -0.3 is 14.2 Å². The molecule has 2 fully saturated rings. The summed E-state index contributed by atoms with van der Waals surface area (Å²) in [6.07, 6.45) is 2.75. The fraction of sp³-hybridized carbons (Fsp3) is 0.556. The third kappa shape index (κ3) is 2.63. The van der Waals surface area contributed by atoms with Gasteiger partial charge in [-0.05, 0) is 38.3 Å². The van der Waals surface area contributed by atoms with Gasteiger partial charge in [0.15, 0.2) is 0 Å². The Morgan fingerprint density at radius 2 is 2.00 bits per heavy atom. The quantitative estimate of drug-likeness (QED) is 0.856. The molecule has 1 aromatic heterocycles. The number of hydrogen-bond donors (Lipinski definition) is 0. The van der Waals surface area contributed by atoms with Crippen LogP contribution in [0.25, 0.3) is 11.0 Å². The molecule has 2 aliphatic rings. The van der Waals surface area contributed by atoms with Crippen LogP contribution in [0.4, 0.5) is 0 Å². The average molecular weight is 313 g/mol. The number of likely N-dealkylation sites (tertiary alicyclic amines) is 1. The monoisotopic (exact) mass is 313 g/mol. The SMILES string of the molecule is Cc1nc2ccccc2n1[C@@H]1CCN(C(=O)C2CCOCC2)C1. The van der Waals surface area contributed by atoms with Gasteiger partial charge >= 0.3 is 0 Å². The molecule has 3 heterocycles. The maximum absolute atomic E-state index is 12.7. The van der Waals surface area contributed by atoms with Gasteiger partial charge in [-0.1, -0.05) is 12.1 Å². The van der Waals surface area contributed by atoms with Crippen LogP contribution in [-0.4, -0.2) is 46.7 Å². The standard InChI is InChI=1S/C18H23N3O2/c1-13-19-16-4-2-3-5-17(16)21(13)15-6-9-20(12-15)18(22)14-7-10-23-11-8-14/h2-5,14-15H,6-12H2,1H3/t15-/m1/s1. The van der Waals surface area contributed by atoms with Gasteiger partial charge in [0.05, 0.1) is 17.1 Å². The molecule has 0 aliphatic carbocycles. The summed E-state index contributed by atoms with van der Waals surface area (Å²) in [5.74, 6) is 1.51. The smallest absolute Gasteiger partial charge is 0.225 e. The lowest BCUT2D eigenvalue weighted by molar-refractivity contribution is -0.137. The van der Waals surface area contributed by atoms with Crippen molar-refractivity contribution in [3.05, 3.63) is 30.1 Å². The molecular formula is C18H23N3O2. The van der Waals surface area contributed by atoms with Gasteiger partial charge in [0.2, 0.25) is 5.91 Å². The van der Waals surface area contributed by atoms with E-state index in [1.165, 1.54) is 5.52 Å². The Morgan fingerprint density at radius 1 is 1.22 bits per heavy atom. The summed E-state index contributed by atoms with van der Waals surface area (Å²) in [4.78, 5) is 19.4. The van der Waals surface area contributed by atoms with Crippen molar-refractivity contribution in [1.82, 2.24) is 14.5 Å². The third-order valence-electron chi connectivity index (χ3n) is 5.18. The van der Waals surface area contributed by atoms with Gasteiger partial charge in [-0.3, -0.25) is 4.79 Å². The van der Waals surface area contributed by atoms with Crippen LogP contribution in [0.3, 0.4) is 0 Å². The van der Waals surface area contributed by atoms with Crippen molar-refractivity contribution < 1.29 is 9.53 Å². The van der Waals surface area contributed by atoms with Crippen molar-refractivity contribution in [2.45, 2.75) is 32.2 Å². The van der Waals surface area contributed by atoms with E-state index in [2.05, 4.69) is 39.6 Å². The van der Waals surface area contributed by atoms with Crippen molar-refractivity contribution in [2.75, 3.05) is 26.3 Å². The highest BCUT2D eigenvalue weighted by atomic mass is 16.5. The van der Waals surface area contributed by atoms with Gasteiger partial charge in [-0.25, -0.2) is 4.98 Å². The molecule has 5 heteroatoms. The molecule has 0 unspecified atom stereocenters. The van der Waals surface area contributed by atoms with Gasteiger partial charge in [-0.15, -0.1) is 0 Å². The van der Waals surface area contributed by atoms with Crippen LogP contribution in [0.2, 0.25) is 0 Å². The lowest BCUT2D eigenvalue weighted by Gasteiger charge is -2.26. The van der Waals surface area contributed by atoms with Crippen molar-refractivity contribution in [3.8, 4) is 0 Å². The van der Waals surface area contributed by atoms with E-state index in [1.807, 2.05) is 6.07 Å². The molecule has 5 nitrogen and oxygen atoms in total. The summed E-state index contributed by atoms with van der Waals surface area (Å²) in [5.41, 5.74) is 2.22. The molecule has 0 N–H and O–H groups in total. The third-order valence-corrected chi connectivity index (χ3v) is 5.18. The number of aryl methyl sites for hydroxylation is 1. The fourth-order valence-corrected chi connectivity index (χ4v) is 3.98. The molecule has 2 aromatic rings. The van der Waals surface area contributed by atoms with E-state index >= 15 is 0 Å². The average Bonchev–Trinajstić information content (AvgIpc) is 3.18. The van der Waals surface area contributed by atoms with E-state index in [0.29, 0.717) is 11.9 Å². The predicted molar refractivity (Wildman–Crippen MR) is 88.2 cm³/mol. The maximum atomic E-state index is 12.7. The largest absolute Gasteiger partial charge is 0.381 e. The number of nitrogens with zero attached hydrogens (tertiary/aromatic N) is 3. The van der Waals surface area contributed by atoms with E-state index in [4.69, 9.17) is 4.74 Å². The second kappa shape index (κ2) is 5.96. The zero-order valence-electron chi connectivity index (χ0n) is 13.6. The van der Waals surface area contributed by atoms with Crippen LogP contribution < -0.4 is 0 Å². The molecule has 0 bridgehead atoms. The lowest BCUT2D eigenvalue weighted by atomic mass is 9.99. The molecule has 1 aromatic carbocycles. The number of carbonyl (C=O) groups is 1. The normalized spacial score (nSPS) is 22.8. The number of rotatable bonds is 2. The van der Waals surface area contributed by atoms with Gasteiger partial charge in [0.1, 0.15) is 5.82 Å². The second-order valence-corrected chi connectivity index (χ2v) is 6.63. The second-order valence-electron chi connectivity index (χ2n) is 6.63. The highest BCUT2D eigenvalue weighted by molar-refractivity contribution is 5.79. The first kappa shape index (κ1) is 14.7. The van der Waals surface area contributed by atoms with Gasteiger partial charge in [0, 0.05) is 32.2 Å². The molecule has 2 aliphatic heterocycles. The van der Waals surface area contributed by atoms with E-state index in [0.717, 1.165) is 56.9 Å². The fourth-order valence-electron chi connectivity index (χ4n) is 3.98. The first-order valence-corrected chi connectivity index (χ1v) is 8.54. The number of aromatic nitrogens is 2. The molecule has 1 amide bonds. The van der Waals surface area contributed by atoms with Crippen LogP contribution >= 0.6 is 0 Å². The Hall–Kier alpha value is -1.88. The molecule has 2 saturated heterocycles. The summed E-state index contributed by atoms with van der Waals surface area (Å²) in [6, 6.07) is 8.59. The number of benzene rings is 1. The Bertz CT molecular complexity index is 718. The number of imidazole rings is 1. The van der Waals surface area contributed by atoms with E-state index < -0.39 is 0 Å². The Kier molecular flexibility index (Phi) is 3.81. The molecule has 0 radical (unpaired) electrons. The van der Waals surface area contributed by atoms with Crippen molar-refractivity contribution in [2.24, 2.45) is 5.92 Å². The molecule has 4 rings (SSSR count). The number of ether oxygens (including phenoxy) is 1. The summed E-state index contributed by atoms with van der Waals surface area (Å²) in [6.45, 7) is 5.16. The van der Waals surface area contributed by atoms with Gasteiger partial charge in [0.25, 0.3) is 0 Å². The summed E-state index contributed by atoms with van der Waals surface area (Å²) in [7, 11) is 0. The Balaban J connectivity index is 1.53. The van der Waals surface area contributed by atoms with E-state index in [1.54, 1.807) is 0 Å². The van der Waals surface area contributed by atoms with Crippen molar-refractivity contribution in [3.63, 3.8) is 0 Å². The molecule has 1 atom stereocenters. The topological polar surface area (TPSA) is 47.4 Å². The number of carbonyl (C=O) groups excluding carboxylic acids is 1. The number of para-hydroxylation sites is 2. The Morgan fingerprint density at radius 3 is 2.83 bits per heavy atom. The number of amides is 1. The van der Waals surface area contributed by atoms with Crippen LogP contribution in [0, 0.1) is 12.8 Å². The first-order valence-electron chi connectivity index (χ1n) is 8.54. The molecule has 0 saturated carbocycles. The van der Waals surface area contributed by atoms with Crippen LogP contribution in [0.5, 0.6) is 0 Å². The highest BCUT2D eigenvalue weighted by Crippen LogP contribution is 2.29. The minimum absolute atomic E-state index is 0.156. The minimum Gasteiger partial charge on any atom is -0.381 e. The molecular weight excluding hydrogens is 290 g/mol. The first-order chi connectivity index (χ1) is 11.2. The maximum Gasteiger partial charge on any atom is 0.225 e. The Labute approximate surface area is 136 Å². The molecule has 122 valence electrons. The predicted octanol–water partition coefficient (Wildman–Crippen LogP) is 2.54. The summed E-state index contributed by atoms with van der Waals surface area (Å²) >= 11 is 0. The van der Waals surface area contributed by atoms with Crippen molar-refractivity contribution in [1.29, 1.82) is 0 Å². The number of hydrogen-bond acceptors (Lipinski definition) is 3. The lowest BCUT2D eigenvalue weighted by Crippen LogP contribution is -2.37. The van der Waals surface area contributed by atoms with Crippen LogP contribution in [0.1, 0.15) is 31.1 Å². The van der Waals surface area contributed by atoms with Crippen LogP contribution in [0.15, 0.2) is 24.3 Å². The zero-order chi connectivity index (χ0) is 15.8. The van der Waals surface area contributed by atoms with Gasteiger partial charge in [-0.2, -0.15) is 0 Å². The highest BCUT2D eigenvalue weighted by Gasteiger charge is 2.33. The van der Waals surface area contributed by atoms with Crippen LogP contribution in [-0.2, 0) is 9.53 Å². The summed E-state index contributed by atoms with van der Waals surface area (Å²) < 4.78 is 7.69. The molecule has 23 heavy (non-hydrogen) atoms. The van der Waals surface area contributed by atoms with E-state index in [-0.39, 0.29) is 5.92 Å². The van der Waals surface area contributed by atoms with E-state index in [9.17, 15) is 4.79 Å². The number of fused-ring (bicyclic) bond motifs is 1. The zero-order valence-corrected chi connectivity index (χ0v) is 13.6. The summed E-state index contributed by atoms with van der Waals surface area (Å²) in [5, 5.41) is 0. The molecule has 0 spiro atoms. The van der Waals surface area contributed by atoms with Crippen molar-refractivity contribution >= 4 is 16.9 Å². The minimum atomic E-state index is 0.156.